The third-order valence-corrected chi connectivity index (χ3v) is 7.18. The van der Waals surface area contributed by atoms with Crippen LogP contribution in [0.25, 0.3) is 10.9 Å². The summed E-state index contributed by atoms with van der Waals surface area (Å²) in [5, 5.41) is 4.04. The number of aromatic nitrogens is 3. The topological polar surface area (TPSA) is 98.3 Å². The molecule has 0 bridgehead atoms. The maximum absolute atomic E-state index is 14.0. The summed E-state index contributed by atoms with van der Waals surface area (Å²) in [6.07, 6.45) is 5.19. The van der Waals surface area contributed by atoms with Gasteiger partial charge in [0.1, 0.15) is 29.8 Å². The van der Waals surface area contributed by atoms with Gasteiger partial charge in [-0.1, -0.05) is 0 Å². The molecule has 180 valence electrons. The molecule has 3 heterocycles. The molecule has 5 rings (SSSR count). The molecule has 1 aliphatic heterocycles. The van der Waals surface area contributed by atoms with E-state index in [0.29, 0.717) is 46.6 Å². The number of hydrogen-bond donors (Lipinski definition) is 2. The van der Waals surface area contributed by atoms with E-state index in [1.807, 2.05) is 13.0 Å². The van der Waals surface area contributed by atoms with Crippen LogP contribution < -0.4 is 14.8 Å². The molecule has 1 fully saturated rings. The highest BCUT2D eigenvalue weighted by Crippen LogP contribution is 2.34. The molecule has 1 aliphatic rings. The van der Waals surface area contributed by atoms with E-state index < -0.39 is 15.5 Å². The Morgan fingerprint density at radius 3 is 2.89 bits per heavy atom. The zero-order chi connectivity index (χ0) is 24.4. The predicted molar refractivity (Wildman–Crippen MR) is 135 cm³/mol. The summed E-state index contributed by atoms with van der Waals surface area (Å²) in [4.78, 5) is 13.3. The molecule has 35 heavy (non-hydrogen) atoms. The molecule has 0 radical (unpaired) electrons. The lowest BCUT2D eigenvalue weighted by Crippen LogP contribution is -2.16. The fourth-order valence-electron chi connectivity index (χ4n) is 3.95. The van der Waals surface area contributed by atoms with Crippen molar-refractivity contribution in [2.45, 2.75) is 24.3 Å². The number of hydrogen-bond acceptors (Lipinski definition) is 7. The van der Waals surface area contributed by atoms with Gasteiger partial charge < -0.3 is 19.5 Å². The van der Waals surface area contributed by atoms with Crippen LogP contribution in [0.5, 0.6) is 5.75 Å². The maximum Gasteiger partial charge on any atom is 0.146 e. The second-order valence-electron chi connectivity index (χ2n) is 8.24. The van der Waals surface area contributed by atoms with Crippen LogP contribution >= 0.6 is 0 Å². The summed E-state index contributed by atoms with van der Waals surface area (Å²) in [5.41, 5.74) is 2.68. The van der Waals surface area contributed by atoms with Gasteiger partial charge in [-0.2, -0.15) is 0 Å². The molecule has 8 nitrogen and oxygen atoms in total. The zero-order valence-corrected chi connectivity index (χ0v) is 19.8. The normalized spacial score (nSPS) is 17.1. The second kappa shape index (κ2) is 9.47. The van der Waals surface area contributed by atoms with Crippen molar-refractivity contribution in [2.24, 2.45) is 0 Å². The lowest BCUT2D eigenvalue weighted by Gasteiger charge is -2.18. The summed E-state index contributed by atoms with van der Waals surface area (Å²) in [6, 6.07) is 11.4. The van der Waals surface area contributed by atoms with E-state index >= 15 is 0 Å². The number of nitrogens with zero attached hydrogens (tertiary/aromatic N) is 3. The molecular weight excluding hydrogens is 469 g/mol. The first-order chi connectivity index (χ1) is 16.9. The van der Waals surface area contributed by atoms with E-state index in [2.05, 4.69) is 30.9 Å². The van der Waals surface area contributed by atoms with E-state index in [1.54, 1.807) is 30.5 Å². The fourth-order valence-corrected chi connectivity index (χ4v) is 5.09. The minimum atomic E-state index is -2.81. The highest BCUT2D eigenvalue weighted by atomic mass is 32.2. The van der Waals surface area contributed by atoms with Gasteiger partial charge in [0.25, 0.3) is 0 Å². The van der Waals surface area contributed by atoms with E-state index in [1.165, 1.54) is 24.7 Å². The molecule has 0 saturated carbocycles. The Hall–Kier alpha value is -3.76. The Labute approximate surface area is 202 Å². The number of anilines is 3. The molecule has 10 heteroatoms. The number of nitrogens with one attached hydrogen (secondary N) is 2. The summed E-state index contributed by atoms with van der Waals surface area (Å²) < 4.78 is 41.5. The number of fused-ring (bicyclic) bond motifs is 1. The molecule has 2 aromatic heterocycles. The molecule has 2 unspecified atom stereocenters. The Morgan fingerprint density at radius 2 is 2.11 bits per heavy atom. The van der Waals surface area contributed by atoms with Crippen molar-refractivity contribution in [3.8, 4) is 5.75 Å². The van der Waals surface area contributed by atoms with Crippen LogP contribution in [0.4, 0.5) is 21.6 Å². The van der Waals surface area contributed by atoms with Gasteiger partial charge in [0, 0.05) is 36.0 Å². The van der Waals surface area contributed by atoms with Crippen molar-refractivity contribution in [1.82, 2.24) is 15.0 Å². The number of halogens is 1. The lowest BCUT2D eigenvalue weighted by atomic mass is 10.1. The van der Waals surface area contributed by atoms with Crippen molar-refractivity contribution >= 4 is 43.7 Å². The van der Waals surface area contributed by atoms with Crippen molar-refractivity contribution < 1.29 is 18.1 Å². The van der Waals surface area contributed by atoms with Crippen molar-refractivity contribution in [3.63, 3.8) is 0 Å². The highest BCUT2D eigenvalue weighted by Gasteiger charge is 2.20. The average molecular weight is 494 g/mol. The van der Waals surface area contributed by atoms with Crippen LogP contribution in [0.15, 0.2) is 66.1 Å². The van der Waals surface area contributed by atoms with Crippen LogP contribution in [0.1, 0.15) is 12.0 Å². The first kappa shape index (κ1) is 23.0. The number of aryl methyl sites for hydroxylation is 1. The van der Waals surface area contributed by atoms with Crippen molar-refractivity contribution in [3.05, 3.63) is 72.6 Å². The van der Waals surface area contributed by atoms with Gasteiger partial charge in [0.15, 0.2) is 0 Å². The number of pyridine rings is 1. The highest BCUT2D eigenvalue weighted by molar-refractivity contribution is 8.01. The van der Waals surface area contributed by atoms with Gasteiger partial charge in [0.2, 0.25) is 0 Å². The molecule has 0 aliphatic carbocycles. The van der Waals surface area contributed by atoms with E-state index in [0.717, 1.165) is 17.4 Å². The van der Waals surface area contributed by atoms with Crippen LogP contribution in [0.3, 0.4) is 0 Å². The minimum Gasteiger partial charge on any atom is -0.486 e. The van der Waals surface area contributed by atoms with Crippen LogP contribution in [-0.2, 0) is 14.4 Å². The molecule has 0 spiro atoms. The van der Waals surface area contributed by atoms with Gasteiger partial charge in [0.05, 0.1) is 39.0 Å². The summed E-state index contributed by atoms with van der Waals surface area (Å²) in [6.45, 7) is 3.00. The predicted octanol–water partition coefficient (Wildman–Crippen LogP) is 4.49. The van der Waals surface area contributed by atoms with E-state index in [9.17, 15) is 8.60 Å². The minimum absolute atomic E-state index is 0.132. The Balaban J connectivity index is 1.47. The monoisotopic (exact) mass is 493 g/mol. The van der Waals surface area contributed by atoms with Crippen LogP contribution in [0.2, 0.25) is 0 Å². The fraction of sp³-hybridized carbons (Fsp3) is 0.200. The lowest BCUT2D eigenvalue weighted by molar-refractivity contribution is 0.141. The van der Waals surface area contributed by atoms with Gasteiger partial charge in [-0.15, -0.1) is 0 Å². The number of ether oxygens (including phenoxy) is 2. The van der Waals surface area contributed by atoms with Crippen LogP contribution in [0, 0.1) is 12.7 Å². The number of benzene rings is 2. The van der Waals surface area contributed by atoms with Gasteiger partial charge in [-0.3, -0.25) is 4.98 Å². The Morgan fingerprint density at radius 1 is 1.23 bits per heavy atom. The van der Waals surface area contributed by atoms with Crippen LogP contribution in [-0.4, -0.2) is 44.3 Å². The molecule has 2 N–H and O–H groups in total. The SMILES string of the molecule is C=S(=O)(Nc1cc(C)c2c(Nc3ccc(F)cc3OC3CCOC3)ncnc2c1)c1cccnc1. The zero-order valence-electron chi connectivity index (χ0n) is 19.0. The second-order valence-corrected chi connectivity index (χ2v) is 10.3. The van der Waals surface area contributed by atoms with Gasteiger partial charge in [-0.05, 0) is 54.8 Å². The van der Waals surface area contributed by atoms with E-state index in [4.69, 9.17) is 9.47 Å². The Kier molecular flexibility index (Phi) is 6.23. The number of rotatable bonds is 7. The largest absolute Gasteiger partial charge is 0.486 e. The maximum atomic E-state index is 14.0. The van der Waals surface area contributed by atoms with E-state index in [-0.39, 0.29) is 6.10 Å². The molecule has 2 aromatic carbocycles. The van der Waals surface area contributed by atoms with Gasteiger partial charge >= 0.3 is 0 Å². The smallest absolute Gasteiger partial charge is 0.146 e. The summed E-state index contributed by atoms with van der Waals surface area (Å²) in [7, 11) is -2.81. The standard InChI is InChI=1S/C25H24FN5O3S/c1-16-10-18(31-35(2,32)20-4-3-8-27-13-20)12-22-24(16)25(29-15-28-22)30-21-6-5-17(26)11-23(21)34-19-7-9-33-14-19/h3-6,8,10-13,15,19H,2,7,9,14H2,1H3,(H,31,32)(H,28,29,30). The molecule has 2 atom stereocenters. The quantitative estimate of drug-likeness (QED) is 0.366. The molecule has 0 amide bonds. The average Bonchev–Trinajstić information content (AvgIpc) is 3.34. The summed E-state index contributed by atoms with van der Waals surface area (Å²) in [5.74, 6) is 4.39. The molecule has 1 saturated heterocycles. The Bertz CT molecular complexity index is 1480. The first-order valence-corrected chi connectivity index (χ1v) is 12.7. The third kappa shape index (κ3) is 5.03. The van der Waals surface area contributed by atoms with Crippen molar-refractivity contribution in [1.29, 1.82) is 0 Å². The van der Waals surface area contributed by atoms with Crippen molar-refractivity contribution in [2.75, 3.05) is 23.3 Å². The van der Waals surface area contributed by atoms with Gasteiger partial charge in [-0.25, -0.2) is 18.6 Å². The molecule has 4 aromatic rings. The summed E-state index contributed by atoms with van der Waals surface area (Å²) >= 11 is 0. The third-order valence-electron chi connectivity index (χ3n) is 5.61. The first-order valence-electron chi connectivity index (χ1n) is 11.0. The molecular formula is C25H24FN5O3S.